The van der Waals surface area contributed by atoms with Gasteiger partial charge in [-0.25, -0.2) is 0 Å². The normalized spacial score (nSPS) is 11.2. The lowest BCUT2D eigenvalue weighted by molar-refractivity contribution is 0.306. The highest BCUT2D eigenvalue weighted by molar-refractivity contribution is 7.98. The van der Waals surface area contributed by atoms with Crippen LogP contribution in [0.5, 0.6) is 5.75 Å². The van der Waals surface area contributed by atoms with Crippen LogP contribution in [0.15, 0.2) is 89.1 Å². The minimum Gasteiger partial charge on any atom is -0.488 e. The zero-order chi connectivity index (χ0) is 21.5. The molecule has 0 saturated carbocycles. The third kappa shape index (κ3) is 5.75. The summed E-state index contributed by atoms with van der Waals surface area (Å²) in [6.45, 7) is 2.31. The van der Waals surface area contributed by atoms with Crippen LogP contribution in [-0.2, 0) is 12.4 Å². The van der Waals surface area contributed by atoms with Gasteiger partial charge >= 0.3 is 0 Å². The molecular weight excluding hydrogens is 428 g/mol. The number of aromatic nitrogens is 3. The van der Waals surface area contributed by atoms with Crippen LogP contribution in [0, 0.1) is 6.92 Å². The average Bonchev–Trinajstić information content (AvgIpc) is 3.15. The minimum atomic E-state index is 0.426. The molecule has 31 heavy (non-hydrogen) atoms. The van der Waals surface area contributed by atoms with Crippen molar-refractivity contribution in [3.05, 3.63) is 106 Å². The van der Waals surface area contributed by atoms with Gasteiger partial charge < -0.3 is 4.74 Å². The van der Waals surface area contributed by atoms with E-state index in [1.807, 2.05) is 73.7 Å². The molecule has 0 atom stereocenters. The van der Waals surface area contributed by atoms with Gasteiger partial charge in [0.1, 0.15) is 12.4 Å². The Morgan fingerprint density at radius 3 is 2.58 bits per heavy atom. The maximum absolute atomic E-state index is 6.07. The van der Waals surface area contributed by atoms with Crippen molar-refractivity contribution < 1.29 is 4.74 Å². The van der Waals surface area contributed by atoms with E-state index in [9.17, 15) is 0 Å². The highest BCUT2D eigenvalue weighted by Gasteiger charge is 2.09. The summed E-state index contributed by atoms with van der Waals surface area (Å²) in [4.78, 5) is 0. The fourth-order valence-corrected chi connectivity index (χ4v) is 4.01. The number of para-hydroxylation sites is 1. The summed E-state index contributed by atoms with van der Waals surface area (Å²) in [5.74, 6) is 2.27. The van der Waals surface area contributed by atoms with Crippen LogP contribution in [0.2, 0.25) is 5.02 Å². The fraction of sp³-hybridized carbons (Fsp3) is 0.125. The molecule has 1 aromatic heterocycles. The molecule has 4 aromatic rings. The number of rotatable bonds is 8. The molecule has 1 heterocycles. The van der Waals surface area contributed by atoms with Gasteiger partial charge in [0.25, 0.3) is 0 Å². The zero-order valence-electron chi connectivity index (χ0n) is 17.0. The largest absolute Gasteiger partial charge is 0.488 e. The van der Waals surface area contributed by atoms with Crippen molar-refractivity contribution in [3.8, 4) is 5.75 Å². The van der Waals surface area contributed by atoms with Gasteiger partial charge in [-0.05, 0) is 42.3 Å². The maximum Gasteiger partial charge on any atom is 0.212 e. The molecule has 0 unspecified atom stereocenters. The van der Waals surface area contributed by atoms with Gasteiger partial charge in [0.05, 0.1) is 6.21 Å². The number of nitrogens with zero attached hydrogens (tertiary/aromatic N) is 4. The Kier molecular flexibility index (Phi) is 7.02. The second-order valence-electron chi connectivity index (χ2n) is 6.82. The van der Waals surface area contributed by atoms with Crippen molar-refractivity contribution in [2.24, 2.45) is 5.10 Å². The SMILES string of the molecule is Cc1nnc(SCc2ccccc2)n1/N=C/c1ccccc1OCc1cccc(Cl)c1. The van der Waals surface area contributed by atoms with E-state index in [-0.39, 0.29) is 0 Å². The van der Waals surface area contributed by atoms with Gasteiger partial charge in [-0.3, -0.25) is 0 Å². The predicted molar refractivity (Wildman–Crippen MR) is 126 cm³/mol. The van der Waals surface area contributed by atoms with Crippen molar-refractivity contribution in [2.45, 2.75) is 24.4 Å². The van der Waals surface area contributed by atoms with Gasteiger partial charge in [0, 0.05) is 16.3 Å². The van der Waals surface area contributed by atoms with Crippen LogP contribution in [0.1, 0.15) is 22.5 Å². The molecule has 0 N–H and O–H groups in total. The van der Waals surface area contributed by atoms with Crippen LogP contribution in [0.3, 0.4) is 0 Å². The molecule has 0 aliphatic heterocycles. The number of benzene rings is 3. The molecule has 0 amide bonds. The Morgan fingerprint density at radius 2 is 1.74 bits per heavy atom. The van der Waals surface area contributed by atoms with Crippen molar-refractivity contribution in [1.82, 2.24) is 14.9 Å². The molecule has 4 rings (SSSR count). The standard InChI is InChI=1S/C24H21ClN4OS/c1-18-27-28-24(31-17-19-8-3-2-4-9-19)29(18)26-15-21-11-5-6-13-23(21)30-16-20-10-7-12-22(25)14-20/h2-15H,16-17H2,1H3/b26-15+. The first-order chi connectivity index (χ1) is 15.2. The molecule has 0 saturated heterocycles. The summed E-state index contributed by atoms with van der Waals surface area (Å²) in [7, 11) is 0. The summed E-state index contributed by atoms with van der Waals surface area (Å²) in [5.41, 5.74) is 3.11. The number of thioether (sulfide) groups is 1. The molecule has 0 aliphatic carbocycles. The minimum absolute atomic E-state index is 0.426. The monoisotopic (exact) mass is 448 g/mol. The number of ether oxygens (including phenoxy) is 1. The average molecular weight is 449 g/mol. The van der Waals surface area contributed by atoms with Crippen LogP contribution < -0.4 is 4.74 Å². The van der Waals surface area contributed by atoms with E-state index in [0.717, 1.165) is 33.6 Å². The summed E-state index contributed by atoms with van der Waals surface area (Å²) in [5, 5.41) is 14.5. The molecule has 0 spiro atoms. The molecule has 0 fully saturated rings. The van der Waals surface area contributed by atoms with Crippen LogP contribution in [-0.4, -0.2) is 21.1 Å². The molecule has 3 aromatic carbocycles. The van der Waals surface area contributed by atoms with Crippen LogP contribution in [0.4, 0.5) is 0 Å². The summed E-state index contributed by atoms with van der Waals surface area (Å²) < 4.78 is 7.77. The van der Waals surface area contributed by atoms with Crippen LogP contribution >= 0.6 is 23.4 Å². The molecular formula is C24H21ClN4OS. The topological polar surface area (TPSA) is 52.3 Å². The number of hydrogen-bond acceptors (Lipinski definition) is 5. The first kappa shape index (κ1) is 21.2. The molecule has 0 bridgehead atoms. The van der Waals surface area contributed by atoms with Crippen LogP contribution in [0.25, 0.3) is 0 Å². The van der Waals surface area contributed by atoms with E-state index < -0.39 is 0 Å². The van der Waals surface area contributed by atoms with Crippen molar-refractivity contribution >= 4 is 29.6 Å². The molecule has 156 valence electrons. The third-order valence-electron chi connectivity index (χ3n) is 4.49. The van der Waals surface area contributed by atoms with Gasteiger partial charge in [0.2, 0.25) is 5.16 Å². The number of halogens is 1. The van der Waals surface area contributed by atoms with E-state index in [1.54, 1.807) is 22.7 Å². The summed E-state index contributed by atoms with van der Waals surface area (Å²) >= 11 is 7.67. The van der Waals surface area contributed by atoms with Gasteiger partial charge in [-0.2, -0.15) is 9.78 Å². The van der Waals surface area contributed by atoms with E-state index in [0.29, 0.717) is 11.6 Å². The molecule has 5 nitrogen and oxygen atoms in total. The Labute approximate surface area is 190 Å². The smallest absolute Gasteiger partial charge is 0.212 e. The summed E-state index contributed by atoms with van der Waals surface area (Å²) in [6.07, 6.45) is 1.77. The Balaban J connectivity index is 1.48. The predicted octanol–water partition coefficient (Wildman–Crippen LogP) is 5.99. The Hall–Kier alpha value is -3.09. The highest BCUT2D eigenvalue weighted by Crippen LogP contribution is 2.23. The zero-order valence-corrected chi connectivity index (χ0v) is 18.6. The molecule has 0 aliphatic rings. The van der Waals surface area contributed by atoms with Crippen molar-refractivity contribution in [2.75, 3.05) is 0 Å². The van der Waals surface area contributed by atoms with E-state index in [1.165, 1.54) is 5.56 Å². The summed E-state index contributed by atoms with van der Waals surface area (Å²) in [6, 6.07) is 25.7. The molecule has 7 heteroatoms. The lowest BCUT2D eigenvalue weighted by atomic mass is 10.2. The number of aryl methyl sites for hydroxylation is 1. The van der Waals surface area contributed by atoms with E-state index >= 15 is 0 Å². The van der Waals surface area contributed by atoms with Crippen molar-refractivity contribution in [3.63, 3.8) is 0 Å². The van der Waals surface area contributed by atoms with Gasteiger partial charge in [-0.1, -0.05) is 78.0 Å². The fourth-order valence-electron chi connectivity index (χ4n) is 2.91. The highest BCUT2D eigenvalue weighted by atomic mass is 35.5. The van der Waals surface area contributed by atoms with E-state index in [2.05, 4.69) is 27.4 Å². The lowest BCUT2D eigenvalue weighted by Crippen LogP contribution is -2.00. The second-order valence-corrected chi connectivity index (χ2v) is 8.20. The van der Waals surface area contributed by atoms with Crippen molar-refractivity contribution in [1.29, 1.82) is 0 Å². The third-order valence-corrected chi connectivity index (χ3v) is 5.72. The first-order valence-electron chi connectivity index (χ1n) is 9.78. The first-order valence-corrected chi connectivity index (χ1v) is 11.1. The van der Waals surface area contributed by atoms with E-state index in [4.69, 9.17) is 16.3 Å². The van der Waals surface area contributed by atoms with Gasteiger partial charge in [0.15, 0.2) is 5.82 Å². The second kappa shape index (κ2) is 10.3. The number of hydrogen-bond donors (Lipinski definition) is 0. The Bertz CT molecular complexity index is 1180. The lowest BCUT2D eigenvalue weighted by Gasteiger charge is -2.09. The quantitative estimate of drug-likeness (QED) is 0.245. The maximum atomic E-state index is 6.07. The van der Waals surface area contributed by atoms with Gasteiger partial charge in [-0.15, -0.1) is 10.2 Å². The Morgan fingerprint density at radius 1 is 0.968 bits per heavy atom. The molecule has 0 radical (unpaired) electrons.